The Morgan fingerprint density at radius 3 is 1.86 bits per heavy atom. The van der Waals surface area contributed by atoms with Gasteiger partial charge in [0.1, 0.15) is 0 Å². The van der Waals surface area contributed by atoms with Crippen molar-refractivity contribution >= 4 is 17.9 Å². The minimum Gasteiger partial charge on any atom is -0.481 e. The largest absolute Gasteiger partial charge is 0.481 e. The molecule has 0 aliphatic rings. The van der Waals surface area contributed by atoms with Crippen molar-refractivity contribution in [2.75, 3.05) is 0 Å². The summed E-state index contributed by atoms with van der Waals surface area (Å²) in [5.74, 6) is -3.54. The topological polar surface area (TPSA) is 112 Å². The van der Waals surface area contributed by atoms with Crippen molar-refractivity contribution in [3.8, 4) is 0 Å². The molecule has 3 N–H and O–H groups in total. The van der Waals surface area contributed by atoms with Crippen LogP contribution >= 0.6 is 0 Å². The average molecular weight is 202 g/mol. The highest BCUT2D eigenvalue weighted by atomic mass is 16.4. The predicted molar refractivity (Wildman–Crippen MR) is 44.8 cm³/mol. The van der Waals surface area contributed by atoms with Gasteiger partial charge >= 0.3 is 17.9 Å². The van der Waals surface area contributed by atoms with Crippen molar-refractivity contribution in [2.45, 2.75) is 19.3 Å². The second-order valence-electron chi connectivity index (χ2n) is 2.61. The third-order valence-corrected chi connectivity index (χ3v) is 1.37. The Bertz CT molecular complexity index is 278. The number of carboxylic acid groups (broad SMARTS) is 3. The summed E-state index contributed by atoms with van der Waals surface area (Å²) in [6, 6.07) is 0. The Balaban J connectivity index is 4.32. The molecule has 0 aromatic carbocycles. The maximum atomic E-state index is 10.3. The van der Waals surface area contributed by atoms with Crippen LogP contribution in [0, 0.1) is 0 Å². The summed E-state index contributed by atoms with van der Waals surface area (Å²) in [4.78, 5) is 30.6. The van der Waals surface area contributed by atoms with Crippen LogP contribution in [0.3, 0.4) is 0 Å². The van der Waals surface area contributed by atoms with Crippen molar-refractivity contribution in [3.05, 3.63) is 11.6 Å². The lowest BCUT2D eigenvalue weighted by molar-refractivity contribution is -0.138. The number of rotatable bonds is 6. The van der Waals surface area contributed by atoms with E-state index in [0.29, 0.717) is 0 Å². The second kappa shape index (κ2) is 5.74. The SMILES string of the molecule is O=C(O)/C=C(/CCC(=O)O)CC(=O)O. The molecule has 0 aromatic heterocycles. The number of hydrogen-bond acceptors (Lipinski definition) is 3. The molecule has 0 saturated heterocycles. The van der Waals surface area contributed by atoms with Gasteiger partial charge in [-0.2, -0.15) is 0 Å². The van der Waals surface area contributed by atoms with E-state index in [1.807, 2.05) is 0 Å². The van der Waals surface area contributed by atoms with E-state index in [1.165, 1.54) is 0 Å². The molecule has 6 heteroatoms. The summed E-state index contributed by atoms with van der Waals surface area (Å²) in [7, 11) is 0. The molecule has 0 radical (unpaired) electrons. The summed E-state index contributed by atoms with van der Waals surface area (Å²) >= 11 is 0. The molecule has 0 heterocycles. The summed E-state index contributed by atoms with van der Waals surface area (Å²) in [5, 5.41) is 25.0. The smallest absolute Gasteiger partial charge is 0.328 e. The summed E-state index contributed by atoms with van der Waals surface area (Å²) in [5.41, 5.74) is 0.0902. The van der Waals surface area contributed by atoms with Crippen LogP contribution in [0.15, 0.2) is 11.6 Å². The Labute approximate surface area is 79.5 Å². The van der Waals surface area contributed by atoms with Crippen molar-refractivity contribution in [1.82, 2.24) is 0 Å². The van der Waals surface area contributed by atoms with Crippen molar-refractivity contribution in [1.29, 1.82) is 0 Å². The van der Waals surface area contributed by atoms with Crippen LogP contribution in [0.25, 0.3) is 0 Å². The molecule has 0 aromatic rings. The van der Waals surface area contributed by atoms with E-state index in [-0.39, 0.29) is 18.4 Å². The van der Waals surface area contributed by atoms with E-state index in [2.05, 4.69) is 0 Å². The Hall–Kier alpha value is -1.85. The fourth-order valence-corrected chi connectivity index (χ4v) is 0.848. The minimum atomic E-state index is -1.27. The lowest BCUT2D eigenvalue weighted by atomic mass is 10.1. The first kappa shape index (κ1) is 12.2. The molecule has 0 rings (SSSR count). The molecule has 0 atom stereocenters. The zero-order chi connectivity index (χ0) is 11.1. The van der Waals surface area contributed by atoms with Crippen LogP contribution in [-0.2, 0) is 14.4 Å². The van der Waals surface area contributed by atoms with Gasteiger partial charge in [0.2, 0.25) is 0 Å². The first-order valence-electron chi connectivity index (χ1n) is 3.77. The number of carbonyl (C=O) groups is 3. The number of aliphatic carboxylic acids is 3. The van der Waals surface area contributed by atoms with E-state index >= 15 is 0 Å². The summed E-state index contributed by atoms with van der Waals surface area (Å²) in [6.07, 6.45) is -0.0447. The highest BCUT2D eigenvalue weighted by Gasteiger charge is 2.08. The molecule has 0 amide bonds. The molecular weight excluding hydrogens is 192 g/mol. The van der Waals surface area contributed by atoms with Crippen LogP contribution in [0.4, 0.5) is 0 Å². The highest BCUT2D eigenvalue weighted by Crippen LogP contribution is 2.09. The fourth-order valence-electron chi connectivity index (χ4n) is 0.848. The van der Waals surface area contributed by atoms with Gasteiger partial charge in [-0.05, 0) is 6.42 Å². The second-order valence-corrected chi connectivity index (χ2v) is 2.61. The van der Waals surface area contributed by atoms with Crippen LogP contribution in [-0.4, -0.2) is 33.2 Å². The maximum Gasteiger partial charge on any atom is 0.328 e. The van der Waals surface area contributed by atoms with Crippen LogP contribution in [0.5, 0.6) is 0 Å². The Morgan fingerprint density at radius 2 is 1.50 bits per heavy atom. The zero-order valence-electron chi connectivity index (χ0n) is 7.27. The minimum absolute atomic E-state index is 0.0616. The van der Waals surface area contributed by atoms with Gasteiger partial charge < -0.3 is 15.3 Å². The normalized spacial score (nSPS) is 11.0. The molecule has 6 nitrogen and oxygen atoms in total. The quantitative estimate of drug-likeness (QED) is 0.535. The van der Waals surface area contributed by atoms with Crippen molar-refractivity contribution in [3.63, 3.8) is 0 Å². The maximum absolute atomic E-state index is 10.3. The van der Waals surface area contributed by atoms with Crippen LogP contribution < -0.4 is 0 Å². The number of carboxylic acids is 3. The first-order valence-corrected chi connectivity index (χ1v) is 3.77. The van der Waals surface area contributed by atoms with Gasteiger partial charge in [-0.25, -0.2) is 4.79 Å². The molecule has 0 unspecified atom stereocenters. The van der Waals surface area contributed by atoms with E-state index in [0.717, 1.165) is 6.08 Å². The predicted octanol–water partition coefficient (Wildman–Crippen LogP) is 0.337. The summed E-state index contributed by atoms with van der Waals surface area (Å²) in [6.45, 7) is 0. The van der Waals surface area contributed by atoms with Gasteiger partial charge in [-0.15, -0.1) is 0 Å². The third kappa shape index (κ3) is 6.84. The van der Waals surface area contributed by atoms with Gasteiger partial charge in [-0.3, -0.25) is 9.59 Å². The first-order chi connectivity index (χ1) is 6.41. The third-order valence-electron chi connectivity index (χ3n) is 1.37. The van der Waals surface area contributed by atoms with Gasteiger partial charge in [-0.1, -0.05) is 5.57 Å². The molecule has 0 spiro atoms. The average Bonchev–Trinajstić information content (AvgIpc) is 1.97. The fraction of sp³-hybridized carbons (Fsp3) is 0.375. The zero-order valence-corrected chi connectivity index (χ0v) is 7.27. The van der Waals surface area contributed by atoms with E-state index in [9.17, 15) is 14.4 Å². The Morgan fingerprint density at radius 1 is 0.929 bits per heavy atom. The summed E-state index contributed by atoms with van der Waals surface area (Å²) < 4.78 is 0. The lowest BCUT2D eigenvalue weighted by Gasteiger charge is -2.00. The molecule has 0 aliphatic carbocycles. The van der Waals surface area contributed by atoms with E-state index < -0.39 is 24.3 Å². The van der Waals surface area contributed by atoms with Gasteiger partial charge in [0, 0.05) is 12.5 Å². The molecule has 0 saturated carbocycles. The van der Waals surface area contributed by atoms with Crippen molar-refractivity contribution in [2.24, 2.45) is 0 Å². The molecule has 0 fully saturated rings. The molecule has 14 heavy (non-hydrogen) atoms. The number of hydrogen-bond donors (Lipinski definition) is 3. The standard InChI is InChI=1S/C8H10O6/c9-6(10)2-1-5(3-7(11)12)4-8(13)14/h3H,1-2,4H2,(H,9,10)(H,11,12)(H,13,14)/b5-3-. The van der Waals surface area contributed by atoms with E-state index in [4.69, 9.17) is 15.3 Å². The lowest BCUT2D eigenvalue weighted by Crippen LogP contribution is -2.03. The van der Waals surface area contributed by atoms with E-state index in [1.54, 1.807) is 0 Å². The van der Waals surface area contributed by atoms with Crippen LogP contribution in [0.2, 0.25) is 0 Å². The Kier molecular flexibility index (Phi) is 4.98. The molecular formula is C8H10O6. The van der Waals surface area contributed by atoms with Gasteiger partial charge in [0.15, 0.2) is 0 Å². The van der Waals surface area contributed by atoms with Gasteiger partial charge in [0.25, 0.3) is 0 Å². The van der Waals surface area contributed by atoms with Crippen molar-refractivity contribution < 1.29 is 29.7 Å². The van der Waals surface area contributed by atoms with Gasteiger partial charge in [0.05, 0.1) is 6.42 Å². The molecule has 0 bridgehead atoms. The molecule has 0 aliphatic heterocycles. The van der Waals surface area contributed by atoms with Crippen LogP contribution in [0.1, 0.15) is 19.3 Å². The highest BCUT2D eigenvalue weighted by molar-refractivity contribution is 5.82. The molecule has 78 valence electrons. The monoisotopic (exact) mass is 202 g/mol.